The van der Waals surface area contributed by atoms with Gasteiger partial charge in [0.15, 0.2) is 0 Å². The number of alkyl halides is 1. The van der Waals surface area contributed by atoms with Gasteiger partial charge in [-0.25, -0.2) is 0 Å². The van der Waals surface area contributed by atoms with Crippen LogP contribution in [-0.2, 0) is 3.42 Å². The van der Waals surface area contributed by atoms with Crippen LogP contribution in [0.25, 0.3) is 0 Å². The molecule has 0 saturated carbocycles. The Balaban J connectivity index is 0.00000100. The Morgan fingerprint density at radius 2 is 1.50 bits per heavy atom. The molecule has 1 aliphatic rings. The van der Waals surface area contributed by atoms with Crippen LogP contribution in [0, 0.1) is 0 Å². The molecule has 0 bridgehead atoms. The summed E-state index contributed by atoms with van der Waals surface area (Å²) in [5.41, 5.74) is 5.39. The summed E-state index contributed by atoms with van der Waals surface area (Å²) < 4.78 is 0.166. The fourth-order valence-corrected chi connectivity index (χ4v) is 4.34. The first kappa shape index (κ1) is 19.1. The van der Waals surface area contributed by atoms with Crippen molar-refractivity contribution in [1.82, 2.24) is 0 Å². The van der Waals surface area contributed by atoms with Crippen molar-refractivity contribution in [3.63, 3.8) is 0 Å². The summed E-state index contributed by atoms with van der Waals surface area (Å²) in [7, 11) is 2.16. The van der Waals surface area contributed by atoms with E-state index in [1.807, 2.05) is 13.8 Å². The Kier molecular flexibility index (Phi) is 6.55. The minimum absolute atomic E-state index is 0.166. The van der Waals surface area contributed by atoms with Crippen LogP contribution < -0.4 is 9.80 Å². The van der Waals surface area contributed by atoms with E-state index in [2.05, 4.69) is 102 Å². The van der Waals surface area contributed by atoms with Crippen LogP contribution in [0.5, 0.6) is 0 Å². The third-order valence-corrected chi connectivity index (χ3v) is 5.53. The number of rotatable bonds is 4. The van der Waals surface area contributed by atoms with Crippen LogP contribution in [0.1, 0.15) is 46.1 Å². The topological polar surface area (TPSA) is 6.48 Å². The molecule has 1 atom stereocenters. The number of fused-ring (bicyclic) bond motifs is 1. The van der Waals surface area contributed by atoms with E-state index in [4.69, 9.17) is 0 Å². The first-order chi connectivity index (χ1) is 11.5. The number of nitrogens with zero attached hydrogens (tertiary/aromatic N) is 2. The lowest BCUT2D eigenvalue weighted by Crippen LogP contribution is -2.26. The van der Waals surface area contributed by atoms with E-state index < -0.39 is 0 Å². The third-order valence-electron chi connectivity index (χ3n) is 4.41. The van der Waals surface area contributed by atoms with Gasteiger partial charge in [0.1, 0.15) is 0 Å². The Bertz CT molecular complexity index is 666. The molecule has 1 aliphatic heterocycles. The maximum atomic E-state index is 2.62. The highest BCUT2D eigenvalue weighted by atomic mass is 127. The van der Waals surface area contributed by atoms with E-state index in [0.717, 1.165) is 6.67 Å². The van der Waals surface area contributed by atoms with Crippen LogP contribution >= 0.6 is 22.6 Å². The zero-order valence-corrected chi connectivity index (χ0v) is 17.7. The number of benzene rings is 2. The molecule has 0 N–H and O–H groups in total. The molecule has 2 nitrogen and oxygen atoms in total. The molecule has 2 aromatic carbocycles. The normalized spacial score (nSPS) is 15.4. The molecule has 3 rings (SSSR count). The molecule has 1 unspecified atom stereocenters. The van der Waals surface area contributed by atoms with Gasteiger partial charge < -0.3 is 9.80 Å². The van der Waals surface area contributed by atoms with E-state index in [9.17, 15) is 0 Å². The summed E-state index contributed by atoms with van der Waals surface area (Å²) in [4.78, 5) is 4.76. The van der Waals surface area contributed by atoms with Crippen molar-refractivity contribution in [3.05, 3.63) is 54.1 Å². The molecule has 0 aliphatic carbocycles. The van der Waals surface area contributed by atoms with Gasteiger partial charge in [0.2, 0.25) is 0 Å². The smallest absolute Gasteiger partial charge is 0.0950 e. The lowest BCUT2D eigenvalue weighted by atomic mass is 9.94. The average molecular weight is 436 g/mol. The first-order valence-corrected chi connectivity index (χ1v) is 9.98. The fraction of sp³-hybridized carbons (Fsp3) is 0.429. The lowest BCUT2D eigenvalue weighted by Gasteiger charge is -2.30. The van der Waals surface area contributed by atoms with E-state index in [0.29, 0.717) is 0 Å². The molecule has 0 fully saturated rings. The summed E-state index contributed by atoms with van der Waals surface area (Å²) in [5, 5.41) is 0. The number of hydrogen-bond donors (Lipinski definition) is 0. The van der Waals surface area contributed by atoms with Gasteiger partial charge in [0.25, 0.3) is 0 Å². The Morgan fingerprint density at radius 3 is 2.12 bits per heavy atom. The van der Waals surface area contributed by atoms with Gasteiger partial charge >= 0.3 is 0 Å². The quantitative estimate of drug-likeness (QED) is 0.388. The monoisotopic (exact) mass is 436 g/mol. The van der Waals surface area contributed by atoms with Crippen LogP contribution in [0.4, 0.5) is 17.1 Å². The largest absolute Gasteiger partial charge is 0.355 e. The van der Waals surface area contributed by atoms with Gasteiger partial charge in [0, 0.05) is 16.2 Å². The number of para-hydroxylation sites is 3. The molecule has 0 aromatic heterocycles. The minimum Gasteiger partial charge on any atom is -0.355 e. The van der Waals surface area contributed by atoms with Crippen LogP contribution in [-0.4, -0.2) is 13.7 Å². The standard InChI is InChI=1S/C19H23IN2.C2H6/c1-4-13-19(2,20)15-9-5-6-10-16(15)22-14-21(3)17-11-7-8-12-18(17)22;1-2/h5-12H,4,13-14H2,1-3H3;1-2H3. The average Bonchev–Trinajstić information content (AvgIpc) is 2.94. The van der Waals surface area contributed by atoms with E-state index in [-0.39, 0.29) is 3.42 Å². The van der Waals surface area contributed by atoms with Crippen molar-refractivity contribution < 1.29 is 0 Å². The molecule has 2 aromatic rings. The van der Waals surface area contributed by atoms with Crippen molar-refractivity contribution in [3.8, 4) is 0 Å². The van der Waals surface area contributed by atoms with Crippen molar-refractivity contribution in [2.45, 2.75) is 44.0 Å². The van der Waals surface area contributed by atoms with E-state index in [1.54, 1.807) is 0 Å². The molecule has 0 saturated heterocycles. The van der Waals surface area contributed by atoms with Crippen molar-refractivity contribution >= 4 is 39.7 Å². The second-order valence-electron chi connectivity index (χ2n) is 6.22. The predicted octanol–water partition coefficient (Wildman–Crippen LogP) is 6.71. The summed E-state index contributed by atoms with van der Waals surface area (Å²) in [6.45, 7) is 9.52. The van der Waals surface area contributed by atoms with Crippen LogP contribution in [0.3, 0.4) is 0 Å². The van der Waals surface area contributed by atoms with Crippen molar-refractivity contribution in [2.24, 2.45) is 0 Å². The SMILES string of the molecule is CC.CCCC(C)(I)c1ccccc1N1CN(C)c2ccccc21. The number of anilines is 3. The molecule has 0 spiro atoms. The Labute approximate surface area is 161 Å². The van der Waals surface area contributed by atoms with Crippen molar-refractivity contribution in [2.75, 3.05) is 23.5 Å². The summed E-state index contributed by atoms with van der Waals surface area (Å²) in [6, 6.07) is 17.5. The molecule has 130 valence electrons. The van der Waals surface area contributed by atoms with Crippen molar-refractivity contribution in [1.29, 1.82) is 0 Å². The van der Waals surface area contributed by atoms with Crippen LogP contribution in [0.15, 0.2) is 48.5 Å². The molecular weight excluding hydrogens is 407 g/mol. The Hall–Kier alpha value is -1.23. The third kappa shape index (κ3) is 3.71. The summed E-state index contributed by atoms with van der Waals surface area (Å²) in [6.07, 6.45) is 2.39. The van der Waals surface area contributed by atoms with Gasteiger partial charge in [-0.05, 0) is 37.1 Å². The van der Waals surface area contributed by atoms with Gasteiger partial charge in [0.05, 0.1) is 18.0 Å². The summed E-state index contributed by atoms with van der Waals surface area (Å²) >= 11 is 2.62. The van der Waals surface area contributed by atoms with E-state index in [1.165, 1.54) is 35.5 Å². The molecule has 1 heterocycles. The highest BCUT2D eigenvalue weighted by molar-refractivity contribution is 14.1. The number of halogens is 1. The summed E-state index contributed by atoms with van der Waals surface area (Å²) in [5.74, 6) is 0. The van der Waals surface area contributed by atoms with Gasteiger partial charge in [-0.15, -0.1) is 0 Å². The zero-order valence-electron chi connectivity index (χ0n) is 15.5. The minimum atomic E-state index is 0.166. The lowest BCUT2D eigenvalue weighted by molar-refractivity contribution is 0.637. The maximum Gasteiger partial charge on any atom is 0.0950 e. The van der Waals surface area contributed by atoms with Gasteiger partial charge in [-0.1, -0.05) is 80.1 Å². The predicted molar refractivity (Wildman–Crippen MR) is 116 cm³/mol. The molecular formula is C21H29IN2. The molecule has 0 radical (unpaired) electrons. The second kappa shape index (κ2) is 8.24. The second-order valence-corrected chi connectivity index (χ2v) is 8.60. The van der Waals surface area contributed by atoms with Gasteiger partial charge in [-0.3, -0.25) is 0 Å². The van der Waals surface area contributed by atoms with Crippen LogP contribution in [0.2, 0.25) is 0 Å². The zero-order chi connectivity index (χ0) is 17.7. The molecule has 24 heavy (non-hydrogen) atoms. The fourth-order valence-electron chi connectivity index (χ4n) is 3.34. The molecule has 0 amide bonds. The maximum absolute atomic E-state index is 2.62. The number of hydrogen-bond acceptors (Lipinski definition) is 2. The first-order valence-electron chi connectivity index (χ1n) is 8.90. The highest BCUT2D eigenvalue weighted by Gasteiger charge is 2.30. The van der Waals surface area contributed by atoms with E-state index >= 15 is 0 Å². The van der Waals surface area contributed by atoms with Gasteiger partial charge in [-0.2, -0.15) is 0 Å². The Morgan fingerprint density at radius 1 is 0.958 bits per heavy atom. The highest BCUT2D eigenvalue weighted by Crippen LogP contribution is 2.46. The molecule has 3 heteroatoms.